The van der Waals surface area contributed by atoms with E-state index < -0.39 is 0 Å². The van der Waals surface area contributed by atoms with Crippen molar-refractivity contribution in [2.45, 2.75) is 66.7 Å². The molecule has 0 heterocycles. The Hall–Kier alpha value is -0.220. The zero-order valence-corrected chi connectivity index (χ0v) is 16.1. The van der Waals surface area contributed by atoms with Crippen LogP contribution in [-0.2, 0) is 0 Å². The monoisotopic (exact) mass is 389 g/mol. The van der Waals surface area contributed by atoms with Gasteiger partial charge >= 0.3 is 0 Å². The minimum absolute atomic E-state index is 0.246. The van der Waals surface area contributed by atoms with Gasteiger partial charge in [0.05, 0.1) is 3.63 Å². The third-order valence-electron chi connectivity index (χ3n) is 3.24. The molecule has 0 aliphatic carbocycles. The summed E-state index contributed by atoms with van der Waals surface area (Å²) in [6.45, 7) is 15.4. The van der Waals surface area contributed by atoms with Gasteiger partial charge in [-0.2, -0.15) is 0 Å². The molecule has 0 atom stereocenters. The maximum Gasteiger partial charge on any atom is 0.0530 e. The Labute approximate surface area is 136 Å². The topological polar surface area (TPSA) is 26.0 Å². The minimum Gasteiger partial charge on any atom is -0.297 e. The average Bonchev–Trinajstić information content (AvgIpc) is 2.40. The Bertz CT molecular complexity index is 386. The van der Waals surface area contributed by atoms with Gasteiger partial charge in [-0.1, -0.05) is 86.1 Å². The molecule has 20 heavy (non-hydrogen) atoms. The van der Waals surface area contributed by atoms with Gasteiger partial charge in [0.2, 0.25) is 0 Å². The summed E-state index contributed by atoms with van der Waals surface area (Å²) in [6, 6.07) is 0. The molecule has 0 saturated carbocycles. The summed E-state index contributed by atoms with van der Waals surface area (Å²) in [6.07, 6.45) is 10.2. The van der Waals surface area contributed by atoms with Crippen LogP contribution in [0.15, 0.2) is 33.5 Å². The van der Waals surface area contributed by atoms with Crippen LogP contribution in [0.25, 0.3) is 0 Å². The molecule has 1 nitrogen and oxygen atoms in total. The molecular weight excluding hydrogens is 357 g/mol. The highest BCUT2D eigenvalue weighted by molar-refractivity contribution is 14.2. The summed E-state index contributed by atoms with van der Waals surface area (Å²) in [5.74, 6) is 0.558. The van der Waals surface area contributed by atoms with Crippen LogP contribution in [0.5, 0.6) is 0 Å². The highest BCUT2D eigenvalue weighted by atomic mass is 127. The van der Waals surface area contributed by atoms with Gasteiger partial charge in [-0.3, -0.25) is 5.73 Å². The summed E-state index contributed by atoms with van der Waals surface area (Å²) < 4.78 is 2.46. The highest BCUT2D eigenvalue weighted by Crippen LogP contribution is 2.26. The first-order chi connectivity index (χ1) is 9.47. The van der Waals surface area contributed by atoms with E-state index in [2.05, 4.69) is 53.3 Å². The standard InChI is InChI=1S/C18H32IN/c1-7-10-12-15(6)19-18(20)17(13-11-8-2)16(9-3)14(4)5/h11,13-14H,6-10,12,20H2,1-5H3/b13-11-,17-16-. The predicted octanol–water partition coefficient (Wildman–Crippen LogP) is 6.08. The normalized spacial score (nSPS) is 14.4. The van der Waals surface area contributed by atoms with Gasteiger partial charge in [0, 0.05) is 0 Å². The Morgan fingerprint density at radius 3 is 2.35 bits per heavy atom. The van der Waals surface area contributed by atoms with Crippen molar-refractivity contribution < 1.29 is 0 Å². The average molecular weight is 389 g/mol. The Morgan fingerprint density at radius 1 is 1.25 bits per heavy atom. The van der Waals surface area contributed by atoms with E-state index in [1.165, 1.54) is 27.6 Å². The molecule has 0 saturated heterocycles. The maximum atomic E-state index is 6.44. The van der Waals surface area contributed by atoms with Crippen molar-refractivity contribution in [2.75, 3.05) is 0 Å². The number of hydrogen-bond donors (Lipinski definition) is 1. The van der Waals surface area contributed by atoms with Gasteiger partial charge in [0.25, 0.3) is 0 Å². The van der Waals surface area contributed by atoms with E-state index in [0.717, 1.165) is 22.9 Å². The molecule has 0 unspecified atom stereocenters. The molecule has 0 aromatic rings. The van der Waals surface area contributed by atoms with Crippen LogP contribution in [0.4, 0.5) is 0 Å². The van der Waals surface area contributed by atoms with E-state index in [0.29, 0.717) is 5.92 Å². The second-order valence-electron chi connectivity index (χ2n) is 5.32. The van der Waals surface area contributed by atoms with Crippen LogP contribution >= 0.6 is 20.7 Å². The van der Waals surface area contributed by atoms with E-state index in [9.17, 15) is 0 Å². The fourth-order valence-electron chi connectivity index (χ4n) is 2.10. The van der Waals surface area contributed by atoms with E-state index in [1.54, 1.807) is 0 Å². The molecule has 2 N–H and O–H groups in total. The summed E-state index contributed by atoms with van der Waals surface area (Å²) >= 11 is -0.246. The first kappa shape index (κ1) is 19.8. The van der Waals surface area contributed by atoms with Crippen LogP contribution in [0.1, 0.15) is 66.7 Å². The molecular formula is C18H32IN. The maximum absolute atomic E-state index is 6.44. The number of allylic oxidation sites excluding steroid dienone is 3. The molecule has 0 fully saturated rings. The lowest BCUT2D eigenvalue weighted by Crippen LogP contribution is -2.15. The number of nitrogens with two attached hydrogens (primary N) is 1. The van der Waals surface area contributed by atoms with Crippen molar-refractivity contribution in [3.63, 3.8) is 0 Å². The van der Waals surface area contributed by atoms with Crippen molar-refractivity contribution in [3.8, 4) is 0 Å². The van der Waals surface area contributed by atoms with Gasteiger partial charge < -0.3 is 0 Å². The first-order valence-corrected chi connectivity index (χ1v) is 9.98. The van der Waals surface area contributed by atoms with Crippen LogP contribution in [0, 0.1) is 5.92 Å². The zero-order valence-electron chi connectivity index (χ0n) is 13.9. The lowest BCUT2D eigenvalue weighted by molar-refractivity contribution is 0.728. The zero-order chi connectivity index (χ0) is 15.5. The molecule has 0 bridgehead atoms. The van der Waals surface area contributed by atoms with Crippen LogP contribution in [0.2, 0.25) is 0 Å². The molecule has 0 rings (SSSR count). The van der Waals surface area contributed by atoms with Crippen molar-refractivity contribution in [1.29, 1.82) is 0 Å². The fraction of sp³-hybridized carbons (Fsp3) is 0.611. The van der Waals surface area contributed by atoms with E-state index in [1.807, 2.05) is 0 Å². The minimum atomic E-state index is -0.246. The predicted molar refractivity (Wildman–Crippen MR) is 103 cm³/mol. The highest BCUT2D eigenvalue weighted by Gasteiger charge is 2.09. The van der Waals surface area contributed by atoms with E-state index >= 15 is 0 Å². The first-order valence-electron chi connectivity index (χ1n) is 7.82. The van der Waals surface area contributed by atoms with Gasteiger partial charge in [-0.25, -0.2) is 0 Å². The lowest BCUT2D eigenvalue weighted by Gasteiger charge is -2.15. The van der Waals surface area contributed by atoms with Crippen LogP contribution in [-0.4, -0.2) is 3.63 Å². The third kappa shape index (κ3) is 7.53. The molecule has 0 aromatic heterocycles. The summed E-state index contributed by atoms with van der Waals surface area (Å²) in [5.41, 5.74) is 9.22. The second kappa shape index (κ2) is 11.4. The van der Waals surface area contributed by atoms with Crippen LogP contribution in [0.3, 0.4) is 0 Å². The Kier molecular flexibility index (Phi) is 11.3. The van der Waals surface area contributed by atoms with Gasteiger partial charge in [0.1, 0.15) is 0 Å². The van der Waals surface area contributed by atoms with Gasteiger partial charge in [-0.15, -0.1) is 0 Å². The lowest BCUT2D eigenvalue weighted by atomic mass is 9.94. The molecule has 0 spiro atoms. The van der Waals surface area contributed by atoms with Crippen LogP contribution < -0.4 is 5.73 Å². The summed E-state index contributed by atoms with van der Waals surface area (Å²) in [5, 5.41) is 0. The smallest absolute Gasteiger partial charge is 0.0530 e. The molecule has 116 valence electrons. The number of halogens is 1. The molecule has 2 heteroatoms. The molecule has 0 aliphatic heterocycles. The Morgan fingerprint density at radius 2 is 1.90 bits per heavy atom. The third-order valence-corrected chi connectivity index (χ3v) is 5.70. The van der Waals surface area contributed by atoms with Gasteiger partial charge in [0.15, 0.2) is 0 Å². The van der Waals surface area contributed by atoms with Crippen molar-refractivity contribution in [2.24, 2.45) is 11.7 Å². The van der Waals surface area contributed by atoms with Crippen molar-refractivity contribution in [3.05, 3.63) is 33.5 Å². The van der Waals surface area contributed by atoms with E-state index in [-0.39, 0.29) is 20.7 Å². The fourth-order valence-corrected chi connectivity index (χ4v) is 4.39. The molecule has 0 aromatic carbocycles. The van der Waals surface area contributed by atoms with E-state index in [4.69, 9.17) is 5.73 Å². The quantitative estimate of drug-likeness (QED) is 0.375. The number of hydrogen-bond acceptors (Lipinski definition) is 1. The van der Waals surface area contributed by atoms with Crippen molar-refractivity contribution in [1.82, 2.24) is 0 Å². The van der Waals surface area contributed by atoms with Crippen molar-refractivity contribution >= 4 is 24.4 Å². The summed E-state index contributed by atoms with van der Waals surface area (Å²) in [7, 11) is 0. The molecule has 0 amide bonds. The molecule has 0 aliphatic rings. The number of unbranched alkanes of at least 4 members (excludes halogenated alkanes) is 1. The SMILES string of the molecule is C=C(CCCC)I=C(N)C(/C=C\CC)=C(/CC)C(C)C. The largest absolute Gasteiger partial charge is 0.297 e. The summed E-state index contributed by atoms with van der Waals surface area (Å²) in [4.78, 5) is 0. The van der Waals surface area contributed by atoms with Gasteiger partial charge in [-0.05, 0) is 40.8 Å². The second-order valence-corrected chi connectivity index (χ2v) is 8.55. The Balaban J connectivity index is 5.37. The number of rotatable bonds is 9. The molecule has 0 radical (unpaired) electrons.